The van der Waals surface area contributed by atoms with E-state index in [1.165, 1.54) is 0 Å². The van der Waals surface area contributed by atoms with Gasteiger partial charge in [-0.2, -0.15) is 5.10 Å². The van der Waals surface area contributed by atoms with Crippen molar-refractivity contribution in [3.05, 3.63) is 51.8 Å². The molecule has 5 heteroatoms. The van der Waals surface area contributed by atoms with Crippen molar-refractivity contribution in [3.8, 4) is 5.69 Å². The summed E-state index contributed by atoms with van der Waals surface area (Å²) in [6.07, 6.45) is 2.67. The molecule has 2 aromatic rings. The molecule has 20 heavy (non-hydrogen) atoms. The van der Waals surface area contributed by atoms with Gasteiger partial charge in [-0.1, -0.05) is 23.7 Å². The third kappa shape index (κ3) is 2.75. The second-order valence-corrected chi connectivity index (χ2v) is 4.99. The second-order valence-electron chi connectivity index (χ2n) is 4.61. The number of aryl methyl sites for hydroxylation is 2. The third-order valence-electron chi connectivity index (χ3n) is 3.08. The fraction of sp³-hybridized carbons (Fsp3) is 0.200. The largest absolute Gasteiger partial charge is 0.478 e. The van der Waals surface area contributed by atoms with Crippen LogP contribution in [0.5, 0.6) is 0 Å². The van der Waals surface area contributed by atoms with Gasteiger partial charge >= 0.3 is 5.97 Å². The van der Waals surface area contributed by atoms with Crippen molar-refractivity contribution in [2.45, 2.75) is 20.8 Å². The molecule has 1 aromatic carbocycles. The summed E-state index contributed by atoms with van der Waals surface area (Å²) in [7, 11) is 0. The summed E-state index contributed by atoms with van der Waals surface area (Å²) in [5.74, 6) is -0.971. The third-order valence-corrected chi connectivity index (χ3v) is 3.63. The Morgan fingerprint density at radius 2 is 2.05 bits per heavy atom. The zero-order valence-corrected chi connectivity index (χ0v) is 12.3. The Bertz CT molecular complexity index is 702. The van der Waals surface area contributed by atoms with Crippen LogP contribution < -0.4 is 0 Å². The first-order chi connectivity index (χ1) is 9.40. The molecule has 1 N–H and O–H groups in total. The Balaban J connectivity index is 2.53. The Kier molecular flexibility index (Phi) is 3.95. The number of carboxylic acid groups (broad SMARTS) is 1. The summed E-state index contributed by atoms with van der Waals surface area (Å²) in [4.78, 5) is 10.6. The van der Waals surface area contributed by atoms with Crippen molar-refractivity contribution in [1.29, 1.82) is 0 Å². The molecule has 0 saturated carbocycles. The fourth-order valence-corrected chi connectivity index (χ4v) is 2.10. The number of carboxylic acids is 1. The summed E-state index contributed by atoms with van der Waals surface area (Å²) >= 11 is 6.17. The monoisotopic (exact) mass is 290 g/mol. The van der Waals surface area contributed by atoms with Gasteiger partial charge in [0.25, 0.3) is 0 Å². The van der Waals surface area contributed by atoms with Gasteiger partial charge < -0.3 is 5.11 Å². The van der Waals surface area contributed by atoms with Gasteiger partial charge in [-0.25, -0.2) is 9.48 Å². The van der Waals surface area contributed by atoms with E-state index in [0.29, 0.717) is 5.02 Å². The minimum Gasteiger partial charge on any atom is -0.478 e. The maximum Gasteiger partial charge on any atom is 0.328 e. The minimum atomic E-state index is -0.971. The van der Waals surface area contributed by atoms with Gasteiger partial charge in [0.2, 0.25) is 0 Å². The molecule has 0 aliphatic heterocycles. The van der Waals surface area contributed by atoms with Gasteiger partial charge in [0, 0.05) is 6.08 Å². The van der Waals surface area contributed by atoms with Gasteiger partial charge in [-0.05, 0) is 44.0 Å². The Labute approximate surface area is 122 Å². The van der Waals surface area contributed by atoms with Crippen LogP contribution in [0.15, 0.2) is 24.3 Å². The number of halogens is 1. The molecule has 1 aromatic heterocycles. The number of aromatic nitrogens is 2. The first kappa shape index (κ1) is 14.3. The highest BCUT2D eigenvalue weighted by atomic mass is 35.5. The lowest BCUT2D eigenvalue weighted by Gasteiger charge is -2.09. The molecule has 104 valence electrons. The maximum atomic E-state index is 10.6. The molecule has 0 aliphatic rings. The number of benzene rings is 1. The van der Waals surface area contributed by atoms with Gasteiger partial charge in [0.1, 0.15) is 0 Å². The molecule has 0 saturated heterocycles. The van der Waals surface area contributed by atoms with Gasteiger partial charge in [-0.3, -0.25) is 0 Å². The van der Waals surface area contributed by atoms with E-state index in [9.17, 15) is 4.79 Å². The summed E-state index contributed by atoms with van der Waals surface area (Å²) in [6.45, 7) is 5.74. The van der Waals surface area contributed by atoms with Crippen molar-refractivity contribution >= 4 is 23.6 Å². The van der Waals surface area contributed by atoms with Crippen LogP contribution in [0.4, 0.5) is 0 Å². The molecular weight excluding hydrogens is 276 g/mol. The molecular formula is C15H15ClN2O2. The maximum absolute atomic E-state index is 10.6. The molecule has 1 heterocycles. The number of hydrogen-bond acceptors (Lipinski definition) is 2. The molecule has 4 nitrogen and oxygen atoms in total. The Morgan fingerprint density at radius 1 is 1.35 bits per heavy atom. The predicted molar refractivity (Wildman–Crippen MR) is 79.5 cm³/mol. The molecule has 0 bridgehead atoms. The van der Waals surface area contributed by atoms with E-state index >= 15 is 0 Å². The molecule has 2 rings (SSSR count). The number of nitrogens with zero attached hydrogens (tertiary/aromatic N) is 2. The second kappa shape index (κ2) is 5.51. The van der Waals surface area contributed by atoms with Crippen molar-refractivity contribution in [3.63, 3.8) is 0 Å². The molecule has 0 radical (unpaired) electrons. The summed E-state index contributed by atoms with van der Waals surface area (Å²) in [5, 5.41) is 13.7. The smallest absolute Gasteiger partial charge is 0.328 e. The fourth-order valence-electron chi connectivity index (χ4n) is 1.98. The topological polar surface area (TPSA) is 55.1 Å². The summed E-state index contributed by atoms with van der Waals surface area (Å²) in [5.41, 5.74) is 4.38. The highest BCUT2D eigenvalue weighted by molar-refractivity contribution is 6.31. The quantitative estimate of drug-likeness (QED) is 0.880. The zero-order chi connectivity index (χ0) is 14.9. The van der Waals surface area contributed by atoms with Crippen LogP contribution in [0.1, 0.15) is 22.5 Å². The van der Waals surface area contributed by atoms with Crippen LogP contribution in [0.25, 0.3) is 11.8 Å². The number of hydrogen-bond donors (Lipinski definition) is 1. The number of rotatable bonds is 3. The SMILES string of the molecule is Cc1ccc(/C=C/C(=O)O)cc1-n1nc(C)c(Cl)c1C. The standard InChI is InChI=1S/C15H15ClN2O2/c1-9-4-5-12(6-7-14(19)20)8-13(9)18-11(3)15(16)10(2)17-18/h4-8H,1-3H3,(H,19,20)/b7-6+. The number of carbonyl (C=O) groups is 1. The highest BCUT2D eigenvalue weighted by Gasteiger charge is 2.12. The lowest BCUT2D eigenvalue weighted by molar-refractivity contribution is -0.131. The van der Waals surface area contributed by atoms with E-state index in [0.717, 1.165) is 34.3 Å². The van der Waals surface area contributed by atoms with E-state index in [1.54, 1.807) is 10.8 Å². The van der Waals surface area contributed by atoms with Crippen LogP contribution in [0, 0.1) is 20.8 Å². The van der Waals surface area contributed by atoms with Gasteiger partial charge in [0.05, 0.1) is 22.1 Å². The van der Waals surface area contributed by atoms with Crippen molar-refractivity contribution < 1.29 is 9.90 Å². The van der Waals surface area contributed by atoms with Crippen molar-refractivity contribution in [1.82, 2.24) is 9.78 Å². The van der Waals surface area contributed by atoms with Crippen LogP contribution >= 0.6 is 11.6 Å². The Morgan fingerprint density at radius 3 is 2.60 bits per heavy atom. The van der Waals surface area contributed by atoms with E-state index in [1.807, 2.05) is 39.0 Å². The zero-order valence-electron chi connectivity index (χ0n) is 11.5. The van der Waals surface area contributed by atoms with Gasteiger partial charge in [0.15, 0.2) is 0 Å². The van der Waals surface area contributed by atoms with E-state index in [-0.39, 0.29) is 0 Å². The molecule has 0 fully saturated rings. The number of aliphatic carboxylic acids is 1. The lowest BCUT2D eigenvalue weighted by Crippen LogP contribution is -2.02. The molecule has 0 atom stereocenters. The minimum absolute atomic E-state index is 0.649. The van der Waals surface area contributed by atoms with E-state index in [4.69, 9.17) is 16.7 Å². The summed E-state index contributed by atoms with van der Waals surface area (Å²) < 4.78 is 1.78. The van der Waals surface area contributed by atoms with Gasteiger partial charge in [-0.15, -0.1) is 0 Å². The highest BCUT2D eigenvalue weighted by Crippen LogP contribution is 2.25. The molecule has 0 amide bonds. The van der Waals surface area contributed by atoms with Crippen LogP contribution in [-0.2, 0) is 4.79 Å². The van der Waals surface area contributed by atoms with Crippen LogP contribution in [0.2, 0.25) is 5.02 Å². The normalized spacial score (nSPS) is 11.2. The first-order valence-corrected chi connectivity index (χ1v) is 6.51. The van der Waals surface area contributed by atoms with Crippen LogP contribution in [-0.4, -0.2) is 20.9 Å². The van der Waals surface area contributed by atoms with Crippen LogP contribution in [0.3, 0.4) is 0 Å². The Hall–Kier alpha value is -2.07. The summed E-state index contributed by atoms with van der Waals surface area (Å²) in [6, 6.07) is 5.69. The molecule has 0 aliphatic carbocycles. The average Bonchev–Trinajstić information content (AvgIpc) is 2.65. The van der Waals surface area contributed by atoms with Crippen molar-refractivity contribution in [2.24, 2.45) is 0 Å². The van der Waals surface area contributed by atoms with E-state index in [2.05, 4.69) is 5.10 Å². The van der Waals surface area contributed by atoms with Crippen molar-refractivity contribution in [2.75, 3.05) is 0 Å². The molecule has 0 unspecified atom stereocenters. The van der Waals surface area contributed by atoms with E-state index < -0.39 is 5.97 Å². The predicted octanol–water partition coefficient (Wildman–Crippen LogP) is 3.55. The molecule has 0 spiro atoms. The first-order valence-electron chi connectivity index (χ1n) is 6.14. The average molecular weight is 291 g/mol. The lowest BCUT2D eigenvalue weighted by atomic mass is 10.1.